The first kappa shape index (κ1) is 9.87. The first-order valence-corrected chi connectivity index (χ1v) is 6.11. The molecule has 0 fully saturated rings. The van der Waals surface area contributed by atoms with Gasteiger partial charge < -0.3 is 10.8 Å². The van der Waals surface area contributed by atoms with E-state index in [0.29, 0.717) is 5.75 Å². The van der Waals surface area contributed by atoms with Crippen LogP contribution in [-0.2, 0) is 6.42 Å². The van der Waals surface area contributed by atoms with Crippen molar-refractivity contribution in [1.82, 2.24) is 0 Å². The first-order chi connectivity index (χ1) is 6.74. The first-order valence-electron chi connectivity index (χ1n) is 4.88. The van der Waals surface area contributed by atoms with Gasteiger partial charge in [-0.2, -0.15) is 0 Å². The molecule has 0 unspecified atom stereocenters. The molecule has 0 radical (unpaired) electrons. The van der Waals surface area contributed by atoms with Gasteiger partial charge in [0.05, 0.1) is 0 Å². The van der Waals surface area contributed by atoms with Gasteiger partial charge >= 0.3 is 0 Å². The van der Waals surface area contributed by atoms with Crippen LogP contribution in [0.4, 0.5) is 0 Å². The molecule has 1 atom stereocenters. The average molecular weight is 209 g/mol. The minimum Gasteiger partial charge on any atom is -0.508 e. The van der Waals surface area contributed by atoms with Crippen molar-refractivity contribution in [3.63, 3.8) is 0 Å². The lowest BCUT2D eigenvalue weighted by atomic mass is 9.87. The number of thioether (sulfide) groups is 1. The molecule has 3 N–H and O–H groups in total. The highest BCUT2D eigenvalue weighted by atomic mass is 32.2. The fourth-order valence-electron chi connectivity index (χ4n) is 2.12. The molecule has 1 aliphatic rings. The van der Waals surface area contributed by atoms with Gasteiger partial charge in [-0.3, -0.25) is 0 Å². The Balaban J connectivity index is 2.58. The van der Waals surface area contributed by atoms with E-state index in [0.717, 1.165) is 24.8 Å². The predicted octanol–water partition coefficient (Wildman–Crippen LogP) is 2.45. The SMILES string of the molecule is CSc1ccc(O)c2c1[C@@H](N)CCC2. The Labute approximate surface area is 88.5 Å². The van der Waals surface area contributed by atoms with Gasteiger partial charge in [0, 0.05) is 10.9 Å². The van der Waals surface area contributed by atoms with Crippen molar-refractivity contribution in [3.05, 3.63) is 23.3 Å². The predicted molar refractivity (Wildman–Crippen MR) is 59.8 cm³/mol. The summed E-state index contributed by atoms with van der Waals surface area (Å²) in [6.07, 6.45) is 5.13. The molecular weight excluding hydrogens is 194 g/mol. The molecule has 0 heterocycles. The van der Waals surface area contributed by atoms with Crippen molar-refractivity contribution in [2.24, 2.45) is 5.73 Å². The van der Waals surface area contributed by atoms with Crippen LogP contribution in [0.3, 0.4) is 0 Å². The van der Waals surface area contributed by atoms with Crippen molar-refractivity contribution in [1.29, 1.82) is 0 Å². The lowest BCUT2D eigenvalue weighted by Crippen LogP contribution is -2.18. The summed E-state index contributed by atoms with van der Waals surface area (Å²) < 4.78 is 0. The van der Waals surface area contributed by atoms with Gasteiger partial charge in [-0.05, 0) is 48.8 Å². The third kappa shape index (κ3) is 1.51. The van der Waals surface area contributed by atoms with Crippen LogP contribution < -0.4 is 5.73 Å². The van der Waals surface area contributed by atoms with Crippen LogP contribution in [0.2, 0.25) is 0 Å². The molecule has 0 saturated carbocycles. The molecule has 0 saturated heterocycles. The second kappa shape index (κ2) is 3.83. The van der Waals surface area contributed by atoms with Gasteiger partial charge in [0.2, 0.25) is 0 Å². The van der Waals surface area contributed by atoms with E-state index >= 15 is 0 Å². The highest BCUT2D eigenvalue weighted by Crippen LogP contribution is 2.39. The van der Waals surface area contributed by atoms with E-state index in [1.807, 2.05) is 12.3 Å². The molecule has 0 amide bonds. The molecule has 3 heteroatoms. The number of aromatic hydroxyl groups is 1. The molecule has 1 aliphatic carbocycles. The number of phenols is 1. The van der Waals surface area contributed by atoms with Gasteiger partial charge in [0.15, 0.2) is 0 Å². The van der Waals surface area contributed by atoms with Crippen LogP contribution in [0.15, 0.2) is 17.0 Å². The summed E-state index contributed by atoms with van der Waals surface area (Å²) >= 11 is 1.70. The fraction of sp³-hybridized carbons (Fsp3) is 0.455. The maximum Gasteiger partial charge on any atom is 0.119 e. The quantitative estimate of drug-likeness (QED) is 0.698. The summed E-state index contributed by atoms with van der Waals surface area (Å²) in [5.74, 6) is 0.410. The number of benzene rings is 1. The monoisotopic (exact) mass is 209 g/mol. The van der Waals surface area contributed by atoms with Crippen molar-refractivity contribution in [3.8, 4) is 5.75 Å². The van der Waals surface area contributed by atoms with Gasteiger partial charge in [0.1, 0.15) is 5.75 Å². The summed E-state index contributed by atoms with van der Waals surface area (Å²) in [6.45, 7) is 0. The Kier molecular flexibility index (Phi) is 2.70. The lowest BCUT2D eigenvalue weighted by Gasteiger charge is -2.25. The molecule has 1 aromatic carbocycles. The van der Waals surface area contributed by atoms with E-state index in [2.05, 4.69) is 0 Å². The van der Waals surface area contributed by atoms with E-state index in [1.54, 1.807) is 17.8 Å². The Morgan fingerprint density at radius 1 is 1.50 bits per heavy atom. The number of nitrogens with two attached hydrogens (primary N) is 1. The fourth-order valence-corrected chi connectivity index (χ4v) is 2.82. The normalized spacial score (nSPS) is 20.6. The maximum absolute atomic E-state index is 9.73. The molecule has 0 bridgehead atoms. The topological polar surface area (TPSA) is 46.2 Å². The molecule has 0 aliphatic heterocycles. The van der Waals surface area contributed by atoms with Gasteiger partial charge in [-0.15, -0.1) is 11.8 Å². The number of rotatable bonds is 1. The molecule has 0 spiro atoms. The smallest absolute Gasteiger partial charge is 0.119 e. The minimum atomic E-state index is 0.105. The van der Waals surface area contributed by atoms with E-state index in [1.165, 1.54) is 10.5 Å². The largest absolute Gasteiger partial charge is 0.508 e. The molecular formula is C11H15NOS. The van der Waals surface area contributed by atoms with Crippen LogP contribution in [0, 0.1) is 0 Å². The number of fused-ring (bicyclic) bond motifs is 1. The van der Waals surface area contributed by atoms with Gasteiger partial charge in [-0.25, -0.2) is 0 Å². The summed E-state index contributed by atoms with van der Waals surface area (Å²) in [7, 11) is 0. The second-order valence-electron chi connectivity index (χ2n) is 3.68. The third-order valence-electron chi connectivity index (χ3n) is 2.82. The highest BCUT2D eigenvalue weighted by Gasteiger charge is 2.22. The van der Waals surface area contributed by atoms with Crippen LogP contribution in [0.25, 0.3) is 0 Å². The Morgan fingerprint density at radius 3 is 3.00 bits per heavy atom. The number of hydrogen-bond acceptors (Lipinski definition) is 3. The van der Waals surface area contributed by atoms with Gasteiger partial charge in [0.25, 0.3) is 0 Å². The van der Waals surface area contributed by atoms with Crippen molar-refractivity contribution in [2.75, 3.05) is 6.26 Å². The van der Waals surface area contributed by atoms with Crippen molar-refractivity contribution < 1.29 is 5.11 Å². The molecule has 0 aromatic heterocycles. The maximum atomic E-state index is 9.73. The van der Waals surface area contributed by atoms with Gasteiger partial charge in [-0.1, -0.05) is 0 Å². The zero-order chi connectivity index (χ0) is 10.1. The number of phenolic OH excluding ortho intramolecular Hbond substituents is 1. The molecule has 2 nitrogen and oxygen atoms in total. The van der Waals surface area contributed by atoms with Crippen LogP contribution in [0.1, 0.15) is 30.0 Å². The van der Waals surface area contributed by atoms with E-state index in [4.69, 9.17) is 5.73 Å². The molecule has 14 heavy (non-hydrogen) atoms. The minimum absolute atomic E-state index is 0.105. The zero-order valence-electron chi connectivity index (χ0n) is 8.29. The van der Waals surface area contributed by atoms with Crippen LogP contribution in [-0.4, -0.2) is 11.4 Å². The Hall–Kier alpha value is -0.670. The van der Waals surface area contributed by atoms with E-state index in [9.17, 15) is 5.11 Å². The third-order valence-corrected chi connectivity index (χ3v) is 3.62. The zero-order valence-corrected chi connectivity index (χ0v) is 9.10. The summed E-state index contributed by atoms with van der Waals surface area (Å²) in [5, 5.41) is 9.73. The second-order valence-corrected chi connectivity index (χ2v) is 4.53. The average Bonchev–Trinajstić information content (AvgIpc) is 2.20. The molecule has 1 aromatic rings. The van der Waals surface area contributed by atoms with Crippen molar-refractivity contribution >= 4 is 11.8 Å². The summed E-state index contributed by atoms with van der Waals surface area (Å²) in [4.78, 5) is 1.21. The lowest BCUT2D eigenvalue weighted by molar-refractivity contribution is 0.452. The molecule has 2 rings (SSSR count). The van der Waals surface area contributed by atoms with Crippen molar-refractivity contribution in [2.45, 2.75) is 30.2 Å². The van der Waals surface area contributed by atoms with Crippen LogP contribution >= 0.6 is 11.8 Å². The summed E-state index contributed by atoms with van der Waals surface area (Å²) in [6, 6.07) is 3.85. The highest BCUT2D eigenvalue weighted by molar-refractivity contribution is 7.98. The van der Waals surface area contributed by atoms with E-state index in [-0.39, 0.29) is 6.04 Å². The molecule has 76 valence electrons. The van der Waals surface area contributed by atoms with E-state index < -0.39 is 0 Å². The van der Waals surface area contributed by atoms with Crippen LogP contribution in [0.5, 0.6) is 5.75 Å². The summed E-state index contributed by atoms with van der Waals surface area (Å²) in [5.41, 5.74) is 8.30. The number of hydrogen-bond donors (Lipinski definition) is 2. The Morgan fingerprint density at radius 2 is 2.29 bits per heavy atom. The Bertz CT molecular complexity index is 351. The standard InChI is InChI=1S/C11H15NOS/c1-14-10-6-5-9(13)7-3-2-4-8(12)11(7)10/h5-6,8,13H,2-4,12H2,1H3/t8-/m0/s1.